The first-order valence-electron chi connectivity index (χ1n) is 7.97. The van der Waals surface area contributed by atoms with Crippen LogP contribution in [0.1, 0.15) is 5.76 Å². The molecule has 3 aromatic rings. The molecule has 0 aliphatic rings. The number of anilines is 1. The van der Waals surface area contributed by atoms with Gasteiger partial charge in [-0.1, -0.05) is 0 Å². The summed E-state index contributed by atoms with van der Waals surface area (Å²) >= 11 is 1.36. The molecule has 0 saturated carbocycles. The first-order valence-corrected chi connectivity index (χ1v) is 9.13. The summed E-state index contributed by atoms with van der Waals surface area (Å²) in [6.45, 7) is 0. The molecular formula is C18H17N3O5S. The summed E-state index contributed by atoms with van der Waals surface area (Å²) in [6.07, 6.45) is 1.57. The summed E-state index contributed by atoms with van der Waals surface area (Å²) in [6, 6.07) is 11.4. The molecule has 1 amide bonds. The van der Waals surface area contributed by atoms with Crippen LogP contribution in [-0.2, 0) is 10.5 Å². The zero-order chi connectivity index (χ0) is 19.2. The van der Waals surface area contributed by atoms with Gasteiger partial charge in [0.15, 0.2) is 0 Å². The number of furan rings is 1. The summed E-state index contributed by atoms with van der Waals surface area (Å²) < 4.78 is 11.5. The Hall–Kier alpha value is -3.20. The quantitative estimate of drug-likeness (QED) is 0.642. The average Bonchev–Trinajstić information content (AvgIpc) is 3.15. The minimum Gasteiger partial charge on any atom is -0.497 e. The Kier molecular flexibility index (Phi) is 5.82. The van der Waals surface area contributed by atoms with Crippen LogP contribution in [-0.4, -0.2) is 28.3 Å². The molecule has 140 valence electrons. The predicted octanol–water partition coefficient (Wildman–Crippen LogP) is 2.00. The molecule has 0 atom stereocenters. The van der Waals surface area contributed by atoms with Crippen LogP contribution in [0.25, 0.3) is 5.69 Å². The number of ether oxygens (including phenoxy) is 1. The Balaban J connectivity index is 1.78. The number of aromatic amines is 1. The highest BCUT2D eigenvalue weighted by Crippen LogP contribution is 2.17. The van der Waals surface area contributed by atoms with Gasteiger partial charge in [0.2, 0.25) is 5.91 Å². The topological polar surface area (TPSA) is 106 Å². The molecule has 3 rings (SSSR count). The number of hydrogen-bond donors (Lipinski definition) is 2. The molecule has 0 unspecified atom stereocenters. The van der Waals surface area contributed by atoms with Gasteiger partial charge in [-0.15, -0.1) is 11.8 Å². The number of H-pyrrole nitrogens is 1. The molecule has 0 saturated heterocycles. The van der Waals surface area contributed by atoms with E-state index in [1.165, 1.54) is 29.5 Å². The minimum atomic E-state index is -0.647. The second kappa shape index (κ2) is 8.45. The van der Waals surface area contributed by atoms with Crippen LogP contribution in [0.15, 0.2) is 62.7 Å². The molecule has 0 bridgehead atoms. The van der Waals surface area contributed by atoms with Crippen LogP contribution in [0, 0.1) is 0 Å². The van der Waals surface area contributed by atoms with Gasteiger partial charge in [-0.2, -0.15) is 0 Å². The molecule has 0 fully saturated rings. The Labute approximate surface area is 158 Å². The van der Waals surface area contributed by atoms with E-state index in [9.17, 15) is 14.4 Å². The van der Waals surface area contributed by atoms with Crippen LogP contribution in [0.2, 0.25) is 0 Å². The van der Waals surface area contributed by atoms with E-state index in [0.29, 0.717) is 17.2 Å². The van der Waals surface area contributed by atoms with Crippen LogP contribution in [0.3, 0.4) is 0 Å². The third kappa shape index (κ3) is 4.70. The number of hydrogen-bond acceptors (Lipinski definition) is 6. The third-order valence-electron chi connectivity index (χ3n) is 3.60. The van der Waals surface area contributed by atoms with Crippen LogP contribution in [0.4, 0.5) is 5.82 Å². The van der Waals surface area contributed by atoms with Crippen molar-refractivity contribution in [2.24, 2.45) is 0 Å². The normalized spacial score (nSPS) is 10.6. The number of amides is 1. The molecule has 0 spiro atoms. The van der Waals surface area contributed by atoms with Gasteiger partial charge in [0.1, 0.15) is 17.3 Å². The number of carbonyl (C=O) groups excluding carboxylic acids is 1. The van der Waals surface area contributed by atoms with E-state index in [4.69, 9.17) is 9.15 Å². The lowest BCUT2D eigenvalue weighted by atomic mass is 10.3. The summed E-state index contributed by atoms with van der Waals surface area (Å²) in [5.74, 6) is 1.83. The molecule has 27 heavy (non-hydrogen) atoms. The molecule has 2 N–H and O–H groups in total. The second-order valence-corrected chi connectivity index (χ2v) is 6.46. The van der Waals surface area contributed by atoms with E-state index < -0.39 is 11.2 Å². The summed E-state index contributed by atoms with van der Waals surface area (Å²) in [4.78, 5) is 38.4. The van der Waals surface area contributed by atoms with E-state index in [2.05, 4.69) is 10.3 Å². The zero-order valence-corrected chi connectivity index (χ0v) is 15.2. The van der Waals surface area contributed by atoms with Crippen LogP contribution < -0.4 is 21.3 Å². The van der Waals surface area contributed by atoms with Crippen LogP contribution >= 0.6 is 11.8 Å². The summed E-state index contributed by atoms with van der Waals surface area (Å²) in [5.41, 5.74) is -0.759. The van der Waals surface area contributed by atoms with E-state index >= 15 is 0 Å². The van der Waals surface area contributed by atoms with Crippen molar-refractivity contribution in [2.45, 2.75) is 5.75 Å². The maximum Gasteiger partial charge on any atom is 0.334 e. The lowest BCUT2D eigenvalue weighted by molar-refractivity contribution is -0.113. The molecule has 0 radical (unpaired) electrons. The van der Waals surface area contributed by atoms with Crippen molar-refractivity contribution < 1.29 is 13.9 Å². The standard InChI is InChI=1S/C18H17N3O5S/c1-25-13-6-4-12(5-7-13)21-15(9-16(22)20-18(21)24)19-17(23)11-27-10-14-3-2-8-26-14/h2-9H,10-11H2,1H3,(H,19,23)(H,20,22,24). The van der Waals surface area contributed by atoms with E-state index in [1.54, 1.807) is 36.6 Å². The molecule has 2 heterocycles. The lowest BCUT2D eigenvalue weighted by Crippen LogP contribution is -2.32. The summed E-state index contributed by atoms with van der Waals surface area (Å²) in [5, 5.41) is 2.62. The smallest absolute Gasteiger partial charge is 0.334 e. The first kappa shape index (κ1) is 18.6. The van der Waals surface area contributed by atoms with Crippen molar-refractivity contribution in [3.63, 3.8) is 0 Å². The second-order valence-electron chi connectivity index (χ2n) is 5.48. The fraction of sp³-hybridized carbons (Fsp3) is 0.167. The molecule has 0 aliphatic carbocycles. The van der Waals surface area contributed by atoms with Gasteiger partial charge in [0, 0.05) is 6.07 Å². The van der Waals surface area contributed by atoms with Crippen molar-refractivity contribution in [3.8, 4) is 11.4 Å². The van der Waals surface area contributed by atoms with Gasteiger partial charge in [-0.05, 0) is 36.4 Å². The highest BCUT2D eigenvalue weighted by Gasteiger charge is 2.12. The van der Waals surface area contributed by atoms with Gasteiger partial charge >= 0.3 is 5.69 Å². The van der Waals surface area contributed by atoms with E-state index in [1.807, 2.05) is 6.07 Å². The van der Waals surface area contributed by atoms with Crippen molar-refractivity contribution in [1.82, 2.24) is 9.55 Å². The monoisotopic (exact) mass is 387 g/mol. The van der Waals surface area contributed by atoms with Crippen molar-refractivity contribution >= 4 is 23.5 Å². The Bertz CT molecular complexity index is 1020. The molecule has 2 aromatic heterocycles. The fourth-order valence-electron chi connectivity index (χ4n) is 2.39. The average molecular weight is 387 g/mol. The van der Waals surface area contributed by atoms with Gasteiger partial charge in [-0.25, -0.2) is 9.36 Å². The van der Waals surface area contributed by atoms with Crippen molar-refractivity contribution in [1.29, 1.82) is 0 Å². The predicted molar refractivity (Wildman–Crippen MR) is 103 cm³/mol. The highest BCUT2D eigenvalue weighted by molar-refractivity contribution is 7.99. The van der Waals surface area contributed by atoms with Gasteiger partial charge in [0.25, 0.3) is 5.56 Å². The number of carbonyl (C=O) groups is 1. The summed E-state index contributed by atoms with van der Waals surface area (Å²) in [7, 11) is 1.53. The number of methoxy groups -OCH3 is 1. The van der Waals surface area contributed by atoms with E-state index in [0.717, 1.165) is 5.76 Å². The molecule has 9 heteroatoms. The van der Waals surface area contributed by atoms with Gasteiger partial charge in [0.05, 0.1) is 30.6 Å². The maximum atomic E-state index is 12.3. The number of thioether (sulfide) groups is 1. The maximum absolute atomic E-state index is 12.3. The zero-order valence-electron chi connectivity index (χ0n) is 14.4. The Morgan fingerprint density at radius 1 is 1.26 bits per heavy atom. The number of aromatic nitrogens is 2. The Morgan fingerprint density at radius 2 is 2.04 bits per heavy atom. The number of nitrogens with one attached hydrogen (secondary N) is 2. The first-order chi connectivity index (χ1) is 13.1. The van der Waals surface area contributed by atoms with Gasteiger partial charge < -0.3 is 14.5 Å². The van der Waals surface area contributed by atoms with Crippen molar-refractivity contribution in [3.05, 3.63) is 75.3 Å². The Morgan fingerprint density at radius 3 is 2.70 bits per heavy atom. The molecule has 8 nitrogen and oxygen atoms in total. The van der Waals surface area contributed by atoms with Gasteiger partial charge in [-0.3, -0.25) is 14.6 Å². The number of rotatable bonds is 7. The largest absolute Gasteiger partial charge is 0.497 e. The third-order valence-corrected chi connectivity index (χ3v) is 4.55. The molecule has 1 aromatic carbocycles. The molecular weight excluding hydrogens is 370 g/mol. The SMILES string of the molecule is COc1ccc(-n2c(NC(=O)CSCc3ccco3)cc(=O)[nH]c2=O)cc1. The molecule has 0 aliphatic heterocycles. The fourth-order valence-corrected chi connectivity index (χ4v) is 3.12. The van der Waals surface area contributed by atoms with Crippen molar-refractivity contribution in [2.75, 3.05) is 18.2 Å². The highest BCUT2D eigenvalue weighted by atomic mass is 32.2. The lowest BCUT2D eigenvalue weighted by Gasteiger charge is -2.13. The van der Waals surface area contributed by atoms with Crippen LogP contribution in [0.5, 0.6) is 5.75 Å². The minimum absolute atomic E-state index is 0.0949. The van der Waals surface area contributed by atoms with E-state index in [-0.39, 0.29) is 17.5 Å². The number of nitrogens with zero attached hydrogens (tertiary/aromatic N) is 1. The number of benzene rings is 1.